The molecule has 0 N–H and O–H groups in total. The minimum Gasteiger partial charge on any atom is -0.107 e. The van der Waals surface area contributed by atoms with Crippen molar-refractivity contribution in [2.75, 3.05) is 0 Å². The van der Waals surface area contributed by atoms with E-state index < -0.39 is 0 Å². The summed E-state index contributed by atoms with van der Waals surface area (Å²) < 4.78 is 0. The largest absolute Gasteiger partial charge is 0.107 e. The highest BCUT2D eigenvalue weighted by atomic mass is 14.5. The van der Waals surface area contributed by atoms with Crippen LogP contribution >= 0.6 is 0 Å². The van der Waals surface area contributed by atoms with E-state index in [1.54, 1.807) is 0 Å². The zero-order chi connectivity index (χ0) is 14.5. The van der Waals surface area contributed by atoms with E-state index in [9.17, 15) is 0 Å². The Bertz CT molecular complexity index is 341. The van der Waals surface area contributed by atoms with Crippen molar-refractivity contribution in [3.8, 4) is 11.8 Å². The van der Waals surface area contributed by atoms with Crippen LogP contribution in [0.15, 0.2) is 12.7 Å². The third-order valence-electron chi connectivity index (χ3n) is 5.32. The summed E-state index contributed by atoms with van der Waals surface area (Å²) in [6, 6.07) is 0. The summed E-state index contributed by atoms with van der Waals surface area (Å²) in [6.07, 6.45) is 8.57. The van der Waals surface area contributed by atoms with E-state index in [0.29, 0.717) is 11.3 Å². The Morgan fingerprint density at radius 2 is 2.05 bits per heavy atom. The SMILES string of the molecule is C=C[C@@H](C)CC[C@H]1[C@@H](C(C)C)CC[C@]1(C)CC#CC. The van der Waals surface area contributed by atoms with Crippen LogP contribution in [0.5, 0.6) is 0 Å². The Morgan fingerprint density at radius 3 is 2.58 bits per heavy atom. The van der Waals surface area contributed by atoms with Gasteiger partial charge in [-0.25, -0.2) is 0 Å². The quantitative estimate of drug-likeness (QED) is 0.425. The highest BCUT2D eigenvalue weighted by Gasteiger charge is 2.44. The topological polar surface area (TPSA) is 0 Å². The predicted octanol–water partition coefficient (Wildman–Crippen LogP) is 5.69. The molecule has 1 saturated carbocycles. The van der Waals surface area contributed by atoms with Crippen LogP contribution in [0.25, 0.3) is 0 Å². The van der Waals surface area contributed by atoms with Crippen LogP contribution in [0, 0.1) is 40.9 Å². The molecule has 108 valence electrons. The fourth-order valence-corrected chi connectivity index (χ4v) is 3.83. The molecule has 1 aliphatic carbocycles. The Kier molecular flexibility index (Phi) is 6.18. The minimum absolute atomic E-state index is 0.443. The maximum absolute atomic E-state index is 3.92. The van der Waals surface area contributed by atoms with E-state index in [1.807, 2.05) is 6.92 Å². The van der Waals surface area contributed by atoms with Crippen molar-refractivity contribution in [3.05, 3.63) is 12.7 Å². The van der Waals surface area contributed by atoms with Gasteiger partial charge in [0.15, 0.2) is 0 Å². The lowest BCUT2D eigenvalue weighted by Crippen LogP contribution is -2.27. The molecule has 1 rings (SSSR count). The van der Waals surface area contributed by atoms with Gasteiger partial charge in [-0.05, 0) is 61.7 Å². The number of allylic oxidation sites excluding steroid dienone is 1. The Labute approximate surface area is 121 Å². The van der Waals surface area contributed by atoms with Crippen molar-refractivity contribution >= 4 is 0 Å². The second-order valence-electron chi connectivity index (χ2n) is 7.10. The summed E-state index contributed by atoms with van der Waals surface area (Å²) in [5, 5.41) is 0. The van der Waals surface area contributed by atoms with E-state index in [-0.39, 0.29) is 0 Å². The van der Waals surface area contributed by atoms with Gasteiger partial charge in [0.05, 0.1) is 0 Å². The molecule has 0 unspecified atom stereocenters. The Hall–Kier alpha value is -0.700. The smallest absolute Gasteiger partial charge is 0.0145 e. The Morgan fingerprint density at radius 1 is 1.37 bits per heavy atom. The van der Waals surface area contributed by atoms with Gasteiger partial charge >= 0.3 is 0 Å². The molecular weight excluding hydrogens is 228 g/mol. The summed E-state index contributed by atoms with van der Waals surface area (Å²) in [7, 11) is 0. The number of hydrogen-bond donors (Lipinski definition) is 0. The molecule has 0 aromatic carbocycles. The van der Waals surface area contributed by atoms with Gasteiger partial charge in [-0.15, -0.1) is 18.4 Å². The van der Waals surface area contributed by atoms with Crippen LogP contribution in [-0.2, 0) is 0 Å². The van der Waals surface area contributed by atoms with E-state index >= 15 is 0 Å². The Balaban J connectivity index is 2.78. The van der Waals surface area contributed by atoms with Crippen LogP contribution in [0.4, 0.5) is 0 Å². The first kappa shape index (κ1) is 16.4. The predicted molar refractivity (Wildman–Crippen MR) is 85.8 cm³/mol. The summed E-state index contributed by atoms with van der Waals surface area (Å²) in [5.41, 5.74) is 0.443. The van der Waals surface area contributed by atoms with Gasteiger partial charge in [0.2, 0.25) is 0 Å². The minimum atomic E-state index is 0.443. The molecule has 0 heterocycles. The van der Waals surface area contributed by atoms with Crippen molar-refractivity contribution in [2.24, 2.45) is 29.1 Å². The normalized spacial score (nSPS) is 31.9. The summed E-state index contributed by atoms with van der Waals surface area (Å²) in [6.45, 7) is 15.4. The monoisotopic (exact) mass is 260 g/mol. The van der Waals surface area contributed by atoms with Gasteiger partial charge in [-0.1, -0.05) is 33.8 Å². The fraction of sp³-hybridized carbons (Fsp3) is 0.789. The van der Waals surface area contributed by atoms with Gasteiger partial charge < -0.3 is 0 Å². The van der Waals surface area contributed by atoms with Crippen molar-refractivity contribution in [1.82, 2.24) is 0 Å². The van der Waals surface area contributed by atoms with E-state index in [1.165, 1.54) is 25.7 Å². The maximum atomic E-state index is 3.92. The number of rotatable bonds is 6. The van der Waals surface area contributed by atoms with Crippen LogP contribution in [0.2, 0.25) is 0 Å². The average Bonchev–Trinajstić information content (AvgIpc) is 2.71. The highest BCUT2D eigenvalue weighted by Crippen LogP contribution is 2.53. The van der Waals surface area contributed by atoms with Gasteiger partial charge in [-0.2, -0.15) is 0 Å². The van der Waals surface area contributed by atoms with E-state index in [0.717, 1.165) is 24.2 Å². The molecule has 0 aromatic heterocycles. The molecule has 0 spiro atoms. The lowest BCUT2D eigenvalue weighted by Gasteiger charge is -2.35. The fourth-order valence-electron chi connectivity index (χ4n) is 3.83. The van der Waals surface area contributed by atoms with Crippen molar-refractivity contribution < 1.29 is 0 Å². The van der Waals surface area contributed by atoms with Crippen molar-refractivity contribution in [3.63, 3.8) is 0 Å². The standard InChI is InChI=1S/C19H32/c1-7-9-13-19(6)14-12-17(15(3)4)18(19)11-10-16(5)8-2/h8,15-18H,2,10-14H2,1,3-6H3/t16-,17-,18+,19+/m1/s1. The third kappa shape index (κ3) is 4.13. The van der Waals surface area contributed by atoms with E-state index in [2.05, 4.69) is 52.2 Å². The second kappa shape index (κ2) is 7.18. The molecule has 0 saturated heterocycles. The molecule has 1 fully saturated rings. The molecule has 0 heteroatoms. The lowest BCUT2D eigenvalue weighted by atomic mass is 9.70. The molecular formula is C19H32. The molecule has 0 nitrogen and oxygen atoms in total. The molecule has 4 atom stereocenters. The van der Waals surface area contributed by atoms with Gasteiger partial charge in [0.1, 0.15) is 0 Å². The van der Waals surface area contributed by atoms with Crippen LogP contribution in [0.3, 0.4) is 0 Å². The third-order valence-corrected chi connectivity index (χ3v) is 5.32. The molecule has 0 amide bonds. The van der Waals surface area contributed by atoms with Gasteiger partial charge in [0, 0.05) is 6.42 Å². The molecule has 0 aromatic rings. The second-order valence-corrected chi connectivity index (χ2v) is 7.10. The number of hydrogen-bond acceptors (Lipinski definition) is 0. The van der Waals surface area contributed by atoms with Crippen molar-refractivity contribution in [1.29, 1.82) is 0 Å². The lowest BCUT2D eigenvalue weighted by molar-refractivity contribution is 0.153. The molecule has 0 radical (unpaired) electrons. The zero-order valence-corrected chi connectivity index (χ0v) is 13.6. The first-order valence-electron chi connectivity index (χ1n) is 7.96. The highest BCUT2D eigenvalue weighted by molar-refractivity contribution is 5.05. The van der Waals surface area contributed by atoms with Gasteiger partial charge in [0.25, 0.3) is 0 Å². The molecule has 0 aliphatic heterocycles. The van der Waals surface area contributed by atoms with Crippen LogP contribution in [0.1, 0.15) is 66.7 Å². The average molecular weight is 260 g/mol. The van der Waals surface area contributed by atoms with E-state index in [4.69, 9.17) is 0 Å². The first-order valence-corrected chi connectivity index (χ1v) is 7.96. The maximum Gasteiger partial charge on any atom is 0.0145 e. The van der Waals surface area contributed by atoms with Gasteiger partial charge in [-0.3, -0.25) is 0 Å². The molecule has 0 bridgehead atoms. The van der Waals surface area contributed by atoms with Crippen LogP contribution in [-0.4, -0.2) is 0 Å². The summed E-state index contributed by atoms with van der Waals surface area (Å²) in [5.74, 6) is 9.63. The summed E-state index contributed by atoms with van der Waals surface area (Å²) in [4.78, 5) is 0. The van der Waals surface area contributed by atoms with Crippen molar-refractivity contribution in [2.45, 2.75) is 66.7 Å². The van der Waals surface area contributed by atoms with Crippen LogP contribution < -0.4 is 0 Å². The zero-order valence-electron chi connectivity index (χ0n) is 13.6. The summed E-state index contributed by atoms with van der Waals surface area (Å²) >= 11 is 0. The molecule has 19 heavy (non-hydrogen) atoms. The first-order chi connectivity index (χ1) is 8.94. The molecule has 1 aliphatic rings.